The molecule has 0 fully saturated rings. The molecule has 0 saturated heterocycles. The fraction of sp³-hybridized carbons (Fsp3) is 0.500. The quantitative estimate of drug-likeness (QED) is 0.757. The van der Waals surface area contributed by atoms with Crippen molar-refractivity contribution in [1.29, 1.82) is 0 Å². The molecule has 0 spiro atoms. The Morgan fingerprint density at radius 1 is 1.50 bits per heavy atom. The van der Waals surface area contributed by atoms with Gasteiger partial charge in [-0.15, -0.1) is 0 Å². The van der Waals surface area contributed by atoms with Crippen LogP contribution in [0.4, 0.5) is 0 Å². The molecule has 1 aromatic heterocycles. The molecule has 1 amide bonds. The van der Waals surface area contributed by atoms with Crippen LogP contribution in [0.1, 0.15) is 25.6 Å². The Morgan fingerprint density at radius 3 is 2.71 bits per heavy atom. The van der Waals surface area contributed by atoms with E-state index in [1.165, 1.54) is 0 Å². The molecular formula is C10H16N2O2. The second kappa shape index (κ2) is 4.81. The molecule has 1 heterocycles. The minimum atomic E-state index is -0.188. The van der Waals surface area contributed by atoms with Crippen LogP contribution in [-0.4, -0.2) is 19.0 Å². The van der Waals surface area contributed by atoms with Crippen LogP contribution < -0.4 is 10.6 Å². The highest BCUT2D eigenvalue weighted by atomic mass is 16.3. The first-order valence-corrected chi connectivity index (χ1v) is 4.66. The molecule has 2 N–H and O–H groups in total. The fourth-order valence-electron chi connectivity index (χ4n) is 1.08. The van der Waals surface area contributed by atoms with Gasteiger partial charge in [0.15, 0.2) is 0 Å². The summed E-state index contributed by atoms with van der Waals surface area (Å²) < 4.78 is 5.17. The first-order chi connectivity index (χ1) is 6.65. The second-order valence-electron chi connectivity index (χ2n) is 3.26. The van der Waals surface area contributed by atoms with E-state index in [0.29, 0.717) is 0 Å². The maximum absolute atomic E-state index is 11.5. The van der Waals surface area contributed by atoms with Crippen LogP contribution in [0.25, 0.3) is 0 Å². The summed E-state index contributed by atoms with van der Waals surface area (Å²) in [5, 5.41) is 5.71. The largest absolute Gasteiger partial charge is 0.467 e. The molecule has 4 nitrogen and oxygen atoms in total. The van der Waals surface area contributed by atoms with Crippen molar-refractivity contribution in [2.75, 3.05) is 7.05 Å². The molecule has 78 valence electrons. The number of carbonyl (C=O) groups is 1. The summed E-state index contributed by atoms with van der Waals surface area (Å²) in [6.45, 7) is 3.70. The molecule has 0 aliphatic carbocycles. The second-order valence-corrected chi connectivity index (χ2v) is 3.26. The highest BCUT2D eigenvalue weighted by Crippen LogP contribution is 2.11. The van der Waals surface area contributed by atoms with E-state index in [0.717, 1.165) is 5.76 Å². The van der Waals surface area contributed by atoms with E-state index < -0.39 is 0 Å². The number of likely N-dealkylation sites (N-methyl/N-ethyl adjacent to an activating group) is 1. The standard InChI is InChI=1S/C10H16N2O2/c1-7(9-5-4-6-14-9)12-10(13)8(2)11-3/h4-8,11H,1-3H3,(H,12,13)/t7-,8?/m1/s1. The Labute approximate surface area is 83.7 Å². The van der Waals surface area contributed by atoms with Gasteiger partial charge in [0.25, 0.3) is 0 Å². The smallest absolute Gasteiger partial charge is 0.237 e. The molecule has 1 aromatic rings. The van der Waals surface area contributed by atoms with E-state index in [1.807, 2.05) is 19.9 Å². The fourth-order valence-corrected chi connectivity index (χ4v) is 1.08. The Bertz CT molecular complexity index is 282. The summed E-state index contributed by atoms with van der Waals surface area (Å²) in [5.41, 5.74) is 0. The Morgan fingerprint density at radius 2 is 2.21 bits per heavy atom. The van der Waals surface area contributed by atoms with Crippen molar-refractivity contribution >= 4 is 5.91 Å². The Kier molecular flexibility index (Phi) is 3.71. The number of hydrogen-bond acceptors (Lipinski definition) is 3. The lowest BCUT2D eigenvalue weighted by atomic mass is 10.2. The predicted octanol–water partition coefficient (Wildman–Crippen LogP) is 1.06. The number of carbonyl (C=O) groups excluding carboxylic acids is 1. The van der Waals surface area contributed by atoms with Crippen LogP contribution >= 0.6 is 0 Å². The van der Waals surface area contributed by atoms with E-state index >= 15 is 0 Å². The normalized spacial score (nSPS) is 14.8. The van der Waals surface area contributed by atoms with Crippen LogP contribution in [0, 0.1) is 0 Å². The Balaban J connectivity index is 2.49. The van der Waals surface area contributed by atoms with Crippen molar-refractivity contribution < 1.29 is 9.21 Å². The summed E-state index contributed by atoms with van der Waals surface area (Å²) in [6, 6.07) is 3.37. The van der Waals surface area contributed by atoms with Crippen LogP contribution in [0.2, 0.25) is 0 Å². The van der Waals surface area contributed by atoms with Crippen LogP contribution in [0.5, 0.6) is 0 Å². The molecule has 14 heavy (non-hydrogen) atoms. The third-order valence-electron chi connectivity index (χ3n) is 2.16. The molecule has 0 aliphatic rings. The third-order valence-corrected chi connectivity index (χ3v) is 2.16. The zero-order valence-electron chi connectivity index (χ0n) is 8.70. The lowest BCUT2D eigenvalue weighted by molar-refractivity contribution is -0.123. The first-order valence-electron chi connectivity index (χ1n) is 4.66. The molecule has 1 unspecified atom stereocenters. The van der Waals surface area contributed by atoms with E-state index in [1.54, 1.807) is 19.4 Å². The topological polar surface area (TPSA) is 54.3 Å². The van der Waals surface area contributed by atoms with E-state index in [2.05, 4.69) is 10.6 Å². The van der Waals surface area contributed by atoms with Gasteiger partial charge in [0.1, 0.15) is 5.76 Å². The van der Waals surface area contributed by atoms with Gasteiger partial charge in [-0.05, 0) is 33.0 Å². The maximum atomic E-state index is 11.5. The van der Waals surface area contributed by atoms with Gasteiger partial charge in [-0.3, -0.25) is 4.79 Å². The van der Waals surface area contributed by atoms with Gasteiger partial charge in [0, 0.05) is 0 Å². The lowest BCUT2D eigenvalue weighted by Gasteiger charge is -2.15. The summed E-state index contributed by atoms with van der Waals surface area (Å²) in [7, 11) is 1.75. The molecule has 0 radical (unpaired) electrons. The molecule has 0 bridgehead atoms. The zero-order chi connectivity index (χ0) is 10.6. The van der Waals surface area contributed by atoms with Crippen molar-refractivity contribution in [3.8, 4) is 0 Å². The molecule has 0 aromatic carbocycles. The van der Waals surface area contributed by atoms with Gasteiger partial charge in [0.05, 0.1) is 18.3 Å². The highest BCUT2D eigenvalue weighted by molar-refractivity contribution is 5.81. The summed E-state index contributed by atoms with van der Waals surface area (Å²) in [6.07, 6.45) is 1.60. The van der Waals surface area contributed by atoms with Gasteiger partial charge in [-0.2, -0.15) is 0 Å². The minimum Gasteiger partial charge on any atom is -0.467 e. The lowest BCUT2D eigenvalue weighted by Crippen LogP contribution is -2.41. The molecule has 1 rings (SSSR count). The average Bonchev–Trinajstić information content (AvgIpc) is 2.69. The number of hydrogen-bond donors (Lipinski definition) is 2. The molecular weight excluding hydrogens is 180 g/mol. The third kappa shape index (κ3) is 2.60. The van der Waals surface area contributed by atoms with E-state index in [4.69, 9.17) is 4.42 Å². The van der Waals surface area contributed by atoms with E-state index in [-0.39, 0.29) is 18.0 Å². The molecule has 2 atom stereocenters. The van der Waals surface area contributed by atoms with Crippen molar-refractivity contribution in [3.63, 3.8) is 0 Å². The molecule has 0 aliphatic heterocycles. The van der Waals surface area contributed by atoms with Crippen LogP contribution in [-0.2, 0) is 4.79 Å². The van der Waals surface area contributed by atoms with Crippen molar-refractivity contribution in [3.05, 3.63) is 24.2 Å². The van der Waals surface area contributed by atoms with Gasteiger partial charge in [-0.25, -0.2) is 0 Å². The van der Waals surface area contributed by atoms with Gasteiger partial charge < -0.3 is 15.1 Å². The highest BCUT2D eigenvalue weighted by Gasteiger charge is 2.15. The monoisotopic (exact) mass is 196 g/mol. The number of nitrogens with one attached hydrogen (secondary N) is 2. The summed E-state index contributed by atoms with van der Waals surface area (Å²) in [4.78, 5) is 11.5. The number of amides is 1. The summed E-state index contributed by atoms with van der Waals surface area (Å²) in [5.74, 6) is 0.734. The van der Waals surface area contributed by atoms with Crippen molar-refractivity contribution in [2.45, 2.75) is 25.9 Å². The minimum absolute atomic E-state index is 0.0311. The average molecular weight is 196 g/mol. The van der Waals surface area contributed by atoms with Crippen molar-refractivity contribution in [2.24, 2.45) is 0 Å². The maximum Gasteiger partial charge on any atom is 0.237 e. The predicted molar refractivity (Wildman–Crippen MR) is 53.8 cm³/mol. The van der Waals surface area contributed by atoms with Gasteiger partial charge >= 0.3 is 0 Å². The Hall–Kier alpha value is -1.29. The van der Waals surface area contributed by atoms with Gasteiger partial charge in [-0.1, -0.05) is 0 Å². The summed E-state index contributed by atoms with van der Waals surface area (Å²) >= 11 is 0. The molecule has 0 saturated carbocycles. The van der Waals surface area contributed by atoms with Crippen LogP contribution in [0.3, 0.4) is 0 Å². The zero-order valence-corrected chi connectivity index (χ0v) is 8.70. The van der Waals surface area contributed by atoms with E-state index in [9.17, 15) is 4.79 Å². The van der Waals surface area contributed by atoms with Crippen LogP contribution in [0.15, 0.2) is 22.8 Å². The molecule has 4 heteroatoms. The number of rotatable bonds is 4. The van der Waals surface area contributed by atoms with Gasteiger partial charge in [0.2, 0.25) is 5.91 Å². The van der Waals surface area contributed by atoms with Crippen molar-refractivity contribution in [1.82, 2.24) is 10.6 Å². The number of furan rings is 1. The first kappa shape index (κ1) is 10.8. The SMILES string of the molecule is CNC(C)C(=O)N[C@H](C)c1ccco1.